The maximum absolute atomic E-state index is 12.3. The smallest absolute Gasteiger partial charge is 0.266 e. The summed E-state index contributed by atoms with van der Waals surface area (Å²) < 4.78 is 0. The van der Waals surface area contributed by atoms with Crippen molar-refractivity contribution in [1.29, 1.82) is 0 Å². The van der Waals surface area contributed by atoms with Gasteiger partial charge >= 0.3 is 0 Å². The minimum Gasteiger partial charge on any atom is -0.329 e. The summed E-state index contributed by atoms with van der Waals surface area (Å²) in [5.74, 6) is 0.396. The molecule has 1 aliphatic heterocycles. The van der Waals surface area contributed by atoms with Crippen molar-refractivity contribution in [3.63, 3.8) is 0 Å². The maximum Gasteiger partial charge on any atom is 0.266 e. The van der Waals surface area contributed by atoms with Gasteiger partial charge in [-0.1, -0.05) is 6.07 Å². The van der Waals surface area contributed by atoms with Gasteiger partial charge in [-0.3, -0.25) is 14.6 Å². The third kappa shape index (κ3) is 3.81. The zero-order chi connectivity index (χ0) is 16.1. The van der Waals surface area contributed by atoms with Crippen LogP contribution in [0.2, 0.25) is 0 Å². The monoisotopic (exact) mass is 313 g/mol. The molecule has 1 unspecified atom stereocenters. The fourth-order valence-electron chi connectivity index (χ4n) is 2.65. The molecule has 1 atom stereocenters. The summed E-state index contributed by atoms with van der Waals surface area (Å²) in [5, 5.41) is 0. The minimum absolute atomic E-state index is 0.178. The van der Waals surface area contributed by atoms with E-state index in [2.05, 4.69) is 20.4 Å². The summed E-state index contributed by atoms with van der Waals surface area (Å²) in [4.78, 5) is 32.3. The SMILES string of the molecule is Cc1cccc(CONC(=O)C2CCCN2c2ncccn2)n1. The van der Waals surface area contributed by atoms with Crippen molar-refractivity contribution in [2.24, 2.45) is 0 Å². The van der Waals surface area contributed by atoms with Crippen molar-refractivity contribution in [2.75, 3.05) is 11.4 Å². The Morgan fingerprint density at radius 1 is 1.35 bits per heavy atom. The van der Waals surface area contributed by atoms with Gasteiger partial charge in [0.2, 0.25) is 5.95 Å². The molecule has 1 N–H and O–H groups in total. The van der Waals surface area contributed by atoms with E-state index in [-0.39, 0.29) is 18.6 Å². The molecule has 23 heavy (non-hydrogen) atoms. The number of aryl methyl sites for hydroxylation is 1. The predicted molar refractivity (Wildman–Crippen MR) is 84.3 cm³/mol. The van der Waals surface area contributed by atoms with Gasteiger partial charge in [0.25, 0.3) is 5.91 Å². The molecule has 0 aliphatic carbocycles. The Morgan fingerprint density at radius 3 is 2.96 bits per heavy atom. The van der Waals surface area contributed by atoms with E-state index in [4.69, 9.17) is 4.84 Å². The second-order valence-electron chi connectivity index (χ2n) is 5.43. The largest absolute Gasteiger partial charge is 0.329 e. The van der Waals surface area contributed by atoms with Crippen molar-refractivity contribution in [2.45, 2.75) is 32.4 Å². The van der Waals surface area contributed by atoms with Gasteiger partial charge in [-0.25, -0.2) is 15.4 Å². The topological polar surface area (TPSA) is 80.2 Å². The van der Waals surface area contributed by atoms with E-state index in [9.17, 15) is 4.79 Å². The van der Waals surface area contributed by atoms with Crippen LogP contribution in [-0.2, 0) is 16.2 Å². The standard InChI is InChI=1S/C16H19N5O2/c1-12-5-2-6-13(19-12)11-23-20-15(22)14-7-3-10-21(14)16-17-8-4-9-18-16/h2,4-6,8-9,14H,3,7,10-11H2,1H3,(H,20,22). The van der Waals surface area contributed by atoms with E-state index in [0.29, 0.717) is 5.95 Å². The number of amides is 1. The van der Waals surface area contributed by atoms with Crippen LogP contribution in [0.3, 0.4) is 0 Å². The number of anilines is 1. The highest BCUT2D eigenvalue weighted by Crippen LogP contribution is 2.21. The highest BCUT2D eigenvalue weighted by Gasteiger charge is 2.32. The van der Waals surface area contributed by atoms with Gasteiger partial charge < -0.3 is 4.90 Å². The summed E-state index contributed by atoms with van der Waals surface area (Å²) in [7, 11) is 0. The van der Waals surface area contributed by atoms with Crippen molar-refractivity contribution in [3.05, 3.63) is 48.0 Å². The molecule has 0 radical (unpaired) electrons. The van der Waals surface area contributed by atoms with E-state index in [1.807, 2.05) is 30.0 Å². The number of hydrogen-bond acceptors (Lipinski definition) is 6. The first-order valence-corrected chi connectivity index (χ1v) is 7.62. The van der Waals surface area contributed by atoms with Crippen molar-refractivity contribution >= 4 is 11.9 Å². The lowest BCUT2D eigenvalue weighted by molar-refractivity contribution is -0.135. The molecule has 2 aromatic heterocycles. The van der Waals surface area contributed by atoms with E-state index >= 15 is 0 Å². The quantitative estimate of drug-likeness (QED) is 0.840. The normalized spacial score (nSPS) is 17.3. The van der Waals surface area contributed by atoms with Crippen molar-refractivity contribution in [3.8, 4) is 0 Å². The molecule has 0 spiro atoms. The van der Waals surface area contributed by atoms with Crippen LogP contribution in [-0.4, -0.2) is 33.4 Å². The van der Waals surface area contributed by atoms with Crippen LogP contribution in [0.15, 0.2) is 36.7 Å². The highest BCUT2D eigenvalue weighted by molar-refractivity contribution is 5.84. The molecular weight excluding hydrogens is 294 g/mol. The molecule has 120 valence electrons. The fourth-order valence-corrected chi connectivity index (χ4v) is 2.65. The second kappa shape index (κ2) is 7.15. The molecule has 0 aromatic carbocycles. The third-order valence-electron chi connectivity index (χ3n) is 3.70. The second-order valence-corrected chi connectivity index (χ2v) is 5.43. The number of hydroxylamine groups is 1. The fraction of sp³-hybridized carbons (Fsp3) is 0.375. The van der Waals surface area contributed by atoms with Gasteiger partial charge in [0.15, 0.2) is 0 Å². The number of pyridine rings is 1. The lowest BCUT2D eigenvalue weighted by atomic mass is 10.2. The van der Waals surface area contributed by atoms with Gasteiger partial charge in [-0.05, 0) is 38.0 Å². The third-order valence-corrected chi connectivity index (χ3v) is 3.70. The van der Waals surface area contributed by atoms with E-state index < -0.39 is 0 Å². The van der Waals surface area contributed by atoms with Gasteiger partial charge in [-0.15, -0.1) is 0 Å². The molecule has 3 rings (SSSR count). The Labute approximate surface area is 134 Å². The molecule has 7 heteroatoms. The van der Waals surface area contributed by atoms with E-state index in [1.54, 1.807) is 18.5 Å². The Morgan fingerprint density at radius 2 is 2.17 bits per heavy atom. The molecule has 2 aromatic rings. The molecule has 1 fully saturated rings. The Bertz CT molecular complexity index is 665. The molecule has 0 bridgehead atoms. The number of nitrogens with one attached hydrogen (secondary N) is 1. The maximum atomic E-state index is 12.3. The van der Waals surface area contributed by atoms with Crippen LogP contribution < -0.4 is 10.4 Å². The molecule has 3 heterocycles. The van der Waals surface area contributed by atoms with Gasteiger partial charge in [0.1, 0.15) is 12.6 Å². The lowest BCUT2D eigenvalue weighted by Crippen LogP contribution is -2.44. The molecule has 1 amide bonds. The number of hydrogen-bond donors (Lipinski definition) is 1. The van der Waals surface area contributed by atoms with Crippen LogP contribution in [0.25, 0.3) is 0 Å². The summed E-state index contributed by atoms with van der Waals surface area (Å²) in [6.45, 7) is 2.92. The van der Waals surface area contributed by atoms with E-state index in [0.717, 1.165) is 30.8 Å². The molecule has 7 nitrogen and oxygen atoms in total. The molecular formula is C16H19N5O2. The van der Waals surface area contributed by atoms with Crippen LogP contribution >= 0.6 is 0 Å². The highest BCUT2D eigenvalue weighted by atomic mass is 16.7. The van der Waals surface area contributed by atoms with Gasteiger partial charge in [-0.2, -0.15) is 0 Å². The van der Waals surface area contributed by atoms with Crippen LogP contribution in [0.5, 0.6) is 0 Å². The summed E-state index contributed by atoms with van der Waals surface area (Å²) in [5.41, 5.74) is 4.21. The van der Waals surface area contributed by atoms with Gasteiger partial charge in [0.05, 0.1) is 5.69 Å². The number of carbonyl (C=O) groups is 1. The van der Waals surface area contributed by atoms with Gasteiger partial charge in [0, 0.05) is 24.6 Å². The molecule has 1 saturated heterocycles. The van der Waals surface area contributed by atoms with Crippen LogP contribution in [0, 0.1) is 6.92 Å². The van der Waals surface area contributed by atoms with Crippen LogP contribution in [0.4, 0.5) is 5.95 Å². The summed E-state index contributed by atoms with van der Waals surface area (Å²) in [6, 6.07) is 7.14. The predicted octanol–water partition coefficient (Wildman–Crippen LogP) is 1.40. The summed E-state index contributed by atoms with van der Waals surface area (Å²) >= 11 is 0. The van der Waals surface area contributed by atoms with Crippen molar-refractivity contribution in [1.82, 2.24) is 20.4 Å². The van der Waals surface area contributed by atoms with Crippen LogP contribution in [0.1, 0.15) is 24.2 Å². The Balaban J connectivity index is 1.55. The first-order chi connectivity index (χ1) is 11.2. The Kier molecular flexibility index (Phi) is 4.77. The Hall–Kier alpha value is -2.54. The minimum atomic E-state index is -0.303. The number of carbonyl (C=O) groups excluding carboxylic acids is 1. The first-order valence-electron chi connectivity index (χ1n) is 7.62. The average molecular weight is 313 g/mol. The summed E-state index contributed by atoms with van der Waals surface area (Å²) in [6.07, 6.45) is 5.04. The zero-order valence-corrected chi connectivity index (χ0v) is 13.0. The average Bonchev–Trinajstić information content (AvgIpc) is 3.05. The zero-order valence-electron chi connectivity index (χ0n) is 13.0. The number of aromatic nitrogens is 3. The molecule has 0 saturated carbocycles. The first kappa shape index (κ1) is 15.4. The molecule has 1 aliphatic rings. The number of rotatable bonds is 5. The number of nitrogens with zero attached hydrogens (tertiary/aromatic N) is 4. The van der Waals surface area contributed by atoms with E-state index in [1.165, 1.54) is 0 Å². The lowest BCUT2D eigenvalue weighted by Gasteiger charge is -2.23. The van der Waals surface area contributed by atoms with Crippen molar-refractivity contribution < 1.29 is 9.63 Å².